The van der Waals surface area contributed by atoms with Crippen LogP contribution in [0.25, 0.3) is 5.82 Å². The normalized spacial score (nSPS) is 14.5. The van der Waals surface area contributed by atoms with E-state index in [1.807, 2.05) is 37.3 Å². The highest BCUT2D eigenvalue weighted by Crippen LogP contribution is 2.22. The molecule has 2 aromatic heterocycles. The largest absolute Gasteiger partial charge is 0.492 e. The van der Waals surface area contributed by atoms with Gasteiger partial charge in [0.1, 0.15) is 37.2 Å². The molecule has 0 saturated carbocycles. The van der Waals surface area contributed by atoms with E-state index < -0.39 is 0 Å². The minimum Gasteiger partial charge on any atom is -0.492 e. The van der Waals surface area contributed by atoms with Gasteiger partial charge in [-0.15, -0.1) is 0 Å². The Labute approximate surface area is 175 Å². The molecule has 0 radical (unpaired) electrons. The fourth-order valence-electron chi connectivity index (χ4n) is 3.45. The maximum absolute atomic E-state index is 12.5. The molecule has 4 rings (SSSR count). The zero-order valence-corrected chi connectivity index (χ0v) is 16.9. The van der Waals surface area contributed by atoms with Crippen molar-refractivity contribution in [2.75, 3.05) is 31.1 Å². The van der Waals surface area contributed by atoms with Crippen LogP contribution in [0, 0.1) is 12.8 Å². The Hall–Kier alpha value is -3.49. The van der Waals surface area contributed by atoms with Gasteiger partial charge in [-0.25, -0.2) is 19.6 Å². The van der Waals surface area contributed by atoms with Crippen LogP contribution in [-0.2, 0) is 4.79 Å². The molecular weight excluding hydrogens is 382 g/mol. The second-order valence-electron chi connectivity index (χ2n) is 7.29. The fourth-order valence-corrected chi connectivity index (χ4v) is 3.45. The minimum atomic E-state index is 0.0113. The molecule has 3 heterocycles. The van der Waals surface area contributed by atoms with E-state index in [-0.39, 0.29) is 11.8 Å². The van der Waals surface area contributed by atoms with Crippen molar-refractivity contribution in [1.82, 2.24) is 30.0 Å². The van der Waals surface area contributed by atoms with Crippen molar-refractivity contribution in [2.45, 2.75) is 19.8 Å². The summed E-state index contributed by atoms with van der Waals surface area (Å²) < 4.78 is 7.27. The number of carbonyl (C=O) groups is 1. The molecule has 9 nitrogen and oxygen atoms in total. The van der Waals surface area contributed by atoms with Crippen LogP contribution in [0.2, 0.25) is 0 Å². The molecule has 9 heteroatoms. The van der Waals surface area contributed by atoms with Crippen LogP contribution in [-0.4, -0.2) is 56.9 Å². The summed E-state index contributed by atoms with van der Waals surface area (Å²) in [7, 11) is 0. The SMILES string of the molecule is Cc1ccc(OCCNC(=O)C2CCN(c3cc(-n4cncn4)ncn3)CC2)cc1. The van der Waals surface area contributed by atoms with Gasteiger partial charge in [-0.05, 0) is 31.9 Å². The van der Waals surface area contributed by atoms with Crippen LogP contribution in [0.5, 0.6) is 5.75 Å². The molecule has 1 aliphatic rings. The Balaban J connectivity index is 1.22. The number of hydrogen-bond acceptors (Lipinski definition) is 7. The highest BCUT2D eigenvalue weighted by Gasteiger charge is 2.25. The molecule has 1 amide bonds. The lowest BCUT2D eigenvalue weighted by molar-refractivity contribution is -0.125. The van der Waals surface area contributed by atoms with E-state index in [1.165, 1.54) is 18.2 Å². The van der Waals surface area contributed by atoms with E-state index in [9.17, 15) is 4.79 Å². The first-order chi connectivity index (χ1) is 14.7. The van der Waals surface area contributed by atoms with E-state index in [0.29, 0.717) is 19.0 Å². The predicted octanol–water partition coefficient (Wildman–Crippen LogP) is 1.78. The van der Waals surface area contributed by atoms with Crippen molar-refractivity contribution < 1.29 is 9.53 Å². The lowest BCUT2D eigenvalue weighted by Crippen LogP contribution is -2.41. The van der Waals surface area contributed by atoms with Gasteiger partial charge in [-0.1, -0.05) is 17.7 Å². The quantitative estimate of drug-likeness (QED) is 0.596. The highest BCUT2D eigenvalue weighted by atomic mass is 16.5. The molecule has 1 saturated heterocycles. The first-order valence-electron chi connectivity index (χ1n) is 10.1. The molecule has 0 bridgehead atoms. The Kier molecular flexibility index (Phi) is 6.17. The molecule has 156 valence electrons. The molecule has 1 aliphatic heterocycles. The first-order valence-corrected chi connectivity index (χ1v) is 10.1. The molecular formula is C21H25N7O2. The van der Waals surface area contributed by atoms with Crippen LogP contribution in [0.4, 0.5) is 5.82 Å². The average molecular weight is 407 g/mol. The van der Waals surface area contributed by atoms with Gasteiger partial charge in [-0.2, -0.15) is 5.10 Å². The van der Waals surface area contributed by atoms with Gasteiger partial charge < -0.3 is 15.0 Å². The summed E-state index contributed by atoms with van der Waals surface area (Å²) in [6, 6.07) is 9.78. The number of hydrogen-bond donors (Lipinski definition) is 1. The van der Waals surface area contributed by atoms with Gasteiger partial charge >= 0.3 is 0 Å². The van der Waals surface area contributed by atoms with Crippen LogP contribution < -0.4 is 15.0 Å². The molecule has 0 aliphatic carbocycles. The number of ether oxygens (including phenoxy) is 1. The van der Waals surface area contributed by atoms with Crippen molar-refractivity contribution in [1.29, 1.82) is 0 Å². The van der Waals surface area contributed by atoms with E-state index in [1.54, 1.807) is 11.0 Å². The number of carbonyl (C=O) groups excluding carboxylic acids is 1. The van der Waals surface area contributed by atoms with Crippen LogP contribution >= 0.6 is 0 Å². The van der Waals surface area contributed by atoms with Gasteiger partial charge in [0.2, 0.25) is 5.91 Å². The second kappa shape index (κ2) is 9.34. The maximum atomic E-state index is 12.5. The Bertz CT molecular complexity index is 952. The zero-order chi connectivity index (χ0) is 20.8. The summed E-state index contributed by atoms with van der Waals surface area (Å²) in [5.74, 6) is 2.43. The van der Waals surface area contributed by atoms with Gasteiger partial charge in [0.15, 0.2) is 5.82 Å². The Morgan fingerprint density at radius 1 is 1.13 bits per heavy atom. The topological polar surface area (TPSA) is 98.1 Å². The number of nitrogens with zero attached hydrogens (tertiary/aromatic N) is 6. The fraction of sp³-hybridized carbons (Fsp3) is 0.381. The molecule has 0 atom stereocenters. The summed E-state index contributed by atoms with van der Waals surface area (Å²) in [5, 5.41) is 7.09. The Morgan fingerprint density at radius 3 is 2.63 bits per heavy atom. The number of anilines is 1. The van der Waals surface area contributed by atoms with Gasteiger partial charge in [-0.3, -0.25) is 4.79 Å². The summed E-state index contributed by atoms with van der Waals surface area (Å²) in [6.45, 7) is 4.53. The lowest BCUT2D eigenvalue weighted by atomic mass is 9.96. The molecule has 30 heavy (non-hydrogen) atoms. The third kappa shape index (κ3) is 4.91. The average Bonchev–Trinajstić information content (AvgIpc) is 3.33. The molecule has 1 N–H and O–H groups in total. The monoisotopic (exact) mass is 407 g/mol. The summed E-state index contributed by atoms with van der Waals surface area (Å²) in [6.07, 6.45) is 6.17. The molecule has 1 fully saturated rings. The highest BCUT2D eigenvalue weighted by molar-refractivity contribution is 5.79. The van der Waals surface area contributed by atoms with Gasteiger partial charge in [0.25, 0.3) is 0 Å². The molecule has 0 spiro atoms. The van der Waals surface area contributed by atoms with E-state index in [0.717, 1.165) is 37.5 Å². The van der Waals surface area contributed by atoms with Gasteiger partial charge in [0, 0.05) is 25.1 Å². The lowest BCUT2D eigenvalue weighted by Gasteiger charge is -2.32. The molecule has 1 aromatic carbocycles. The Morgan fingerprint density at radius 2 is 1.90 bits per heavy atom. The smallest absolute Gasteiger partial charge is 0.223 e. The number of aryl methyl sites for hydroxylation is 1. The zero-order valence-electron chi connectivity index (χ0n) is 16.9. The summed E-state index contributed by atoms with van der Waals surface area (Å²) >= 11 is 0. The third-order valence-electron chi connectivity index (χ3n) is 5.17. The standard InChI is InChI=1S/C21H25N7O2/c1-16-2-4-18(5-3-16)30-11-8-23-21(29)17-6-9-27(10-7-17)19-12-20(25-14-24-19)28-15-22-13-26-28/h2-5,12-15,17H,6-11H2,1H3,(H,23,29). The van der Waals surface area contributed by atoms with Crippen LogP contribution in [0.3, 0.4) is 0 Å². The molecule has 3 aromatic rings. The van der Waals surface area contributed by atoms with Gasteiger partial charge in [0.05, 0.1) is 6.54 Å². The molecule has 0 unspecified atom stereocenters. The second-order valence-corrected chi connectivity index (χ2v) is 7.29. The number of benzene rings is 1. The van der Waals surface area contributed by atoms with Crippen molar-refractivity contribution in [3.8, 4) is 11.6 Å². The summed E-state index contributed by atoms with van der Waals surface area (Å²) in [4.78, 5) is 27.2. The van der Waals surface area contributed by atoms with Crippen molar-refractivity contribution in [3.05, 3.63) is 54.9 Å². The number of nitrogens with one attached hydrogen (secondary N) is 1. The van der Waals surface area contributed by atoms with Crippen molar-refractivity contribution in [3.63, 3.8) is 0 Å². The third-order valence-corrected chi connectivity index (χ3v) is 5.17. The van der Waals surface area contributed by atoms with E-state index >= 15 is 0 Å². The predicted molar refractivity (Wildman–Crippen MR) is 112 cm³/mol. The van der Waals surface area contributed by atoms with E-state index in [2.05, 4.69) is 30.3 Å². The number of rotatable bonds is 7. The maximum Gasteiger partial charge on any atom is 0.223 e. The van der Waals surface area contributed by atoms with E-state index in [4.69, 9.17) is 4.74 Å². The number of piperidine rings is 1. The number of aromatic nitrogens is 5. The van der Waals surface area contributed by atoms with Crippen LogP contribution in [0.15, 0.2) is 49.3 Å². The van der Waals surface area contributed by atoms with Crippen LogP contribution in [0.1, 0.15) is 18.4 Å². The van der Waals surface area contributed by atoms with Crippen molar-refractivity contribution >= 4 is 11.7 Å². The summed E-state index contributed by atoms with van der Waals surface area (Å²) in [5.41, 5.74) is 1.19. The number of amides is 1. The van der Waals surface area contributed by atoms with Crippen molar-refractivity contribution in [2.24, 2.45) is 5.92 Å². The first kappa shape index (κ1) is 19.8. The minimum absolute atomic E-state index is 0.0113.